The maximum atomic E-state index is 11.6. The Kier molecular flexibility index (Phi) is 4.60. The van der Waals surface area contributed by atoms with E-state index in [-0.39, 0.29) is 18.1 Å². The highest BCUT2D eigenvalue weighted by atomic mass is 16.3. The molecule has 0 radical (unpaired) electrons. The molecule has 0 aromatic carbocycles. The van der Waals surface area contributed by atoms with Gasteiger partial charge < -0.3 is 15.7 Å². The van der Waals surface area contributed by atoms with E-state index in [1.807, 2.05) is 6.07 Å². The summed E-state index contributed by atoms with van der Waals surface area (Å²) in [6.45, 7) is 2.32. The monoisotopic (exact) mass is 277 g/mol. The summed E-state index contributed by atoms with van der Waals surface area (Å²) in [6.07, 6.45) is 5.84. The number of aliphatic hydroxyl groups is 1. The normalized spacial score (nSPS) is 26.1. The van der Waals surface area contributed by atoms with Crippen molar-refractivity contribution in [1.29, 1.82) is 0 Å². The topological polar surface area (TPSA) is 74.2 Å². The lowest BCUT2D eigenvalue weighted by atomic mass is 9.76. The zero-order chi connectivity index (χ0) is 14.6. The van der Waals surface area contributed by atoms with Crippen molar-refractivity contribution in [3.8, 4) is 0 Å². The smallest absolute Gasteiger partial charge is 0.269 e. The van der Waals surface area contributed by atoms with Gasteiger partial charge in [-0.3, -0.25) is 9.78 Å². The Morgan fingerprint density at radius 1 is 1.60 bits per heavy atom. The highest BCUT2D eigenvalue weighted by Gasteiger charge is 2.34. The maximum Gasteiger partial charge on any atom is 0.269 e. The molecule has 5 nitrogen and oxygen atoms in total. The highest BCUT2D eigenvalue weighted by molar-refractivity contribution is 5.92. The summed E-state index contributed by atoms with van der Waals surface area (Å²) in [5.74, 6) is 0.396. The molecule has 1 heterocycles. The first-order valence-corrected chi connectivity index (χ1v) is 7.16. The molecular formula is C15H23N3O2. The van der Waals surface area contributed by atoms with Crippen LogP contribution in [0.4, 0.5) is 5.69 Å². The van der Waals surface area contributed by atoms with Gasteiger partial charge in [0, 0.05) is 18.9 Å². The zero-order valence-corrected chi connectivity index (χ0v) is 12.1. The number of carbonyl (C=O) groups excluding carboxylic acids is 1. The lowest BCUT2D eigenvalue weighted by Gasteiger charge is -2.40. The van der Waals surface area contributed by atoms with E-state index < -0.39 is 0 Å². The fraction of sp³-hybridized carbons (Fsp3) is 0.600. The second-order valence-corrected chi connectivity index (χ2v) is 5.77. The number of aliphatic hydroxyl groups excluding tert-OH is 1. The molecule has 1 fully saturated rings. The Morgan fingerprint density at radius 3 is 3.05 bits per heavy atom. The number of rotatable bonds is 4. The van der Waals surface area contributed by atoms with Crippen LogP contribution in [0.1, 0.15) is 43.1 Å². The minimum Gasteiger partial charge on any atom is -0.394 e. The van der Waals surface area contributed by atoms with Crippen molar-refractivity contribution in [2.45, 2.75) is 38.1 Å². The standard InChI is InChI=1S/C15H23N3O2/c1-11-4-3-6-15(9-11,10-19)18-12-5-7-17-13(8-12)14(20)16-2/h5,7-8,11,19H,3-4,6,9-10H2,1-2H3,(H,16,20)(H,17,18). The SMILES string of the molecule is CNC(=O)c1cc(NC2(CO)CCCC(C)C2)ccn1. The summed E-state index contributed by atoms with van der Waals surface area (Å²) in [4.78, 5) is 15.7. The van der Waals surface area contributed by atoms with E-state index in [0.717, 1.165) is 24.9 Å². The minimum absolute atomic E-state index is 0.106. The van der Waals surface area contributed by atoms with Gasteiger partial charge in [0.2, 0.25) is 0 Å². The van der Waals surface area contributed by atoms with E-state index in [4.69, 9.17) is 0 Å². The van der Waals surface area contributed by atoms with Crippen molar-refractivity contribution in [3.63, 3.8) is 0 Å². The number of hydrogen-bond acceptors (Lipinski definition) is 4. The van der Waals surface area contributed by atoms with Gasteiger partial charge in [0.15, 0.2) is 0 Å². The molecule has 2 rings (SSSR count). The van der Waals surface area contributed by atoms with E-state index in [9.17, 15) is 9.90 Å². The van der Waals surface area contributed by atoms with Gasteiger partial charge in [-0.15, -0.1) is 0 Å². The summed E-state index contributed by atoms with van der Waals surface area (Å²) in [6, 6.07) is 3.57. The molecule has 1 amide bonds. The molecule has 0 saturated heterocycles. The van der Waals surface area contributed by atoms with Crippen LogP contribution in [0.3, 0.4) is 0 Å². The molecular weight excluding hydrogens is 254 g/mol. The third kappa shape index (κ3) is 3.28. The summed E-state index contributed by atoms with van der Waals surface area (Å²) in [7, 11) is 1.59. The van der Waals surface area contributed by atoms with Gasteiger partial charge in [0.1, 0.15) is 5.69 Å². The number of nitrogens with zero attached hydrogens (tertiary/aromatic N) is 1. The number of carbonyl (C=O) groups is 1. The average Bonchev–Trinajstić information content (AvgIpc) is 2.46. The van der Waals surface area contributed by atoms with Gasteiger partial charge in [-0.1, -0.05) is 19.8 Å². The lowest BCUT2D eigenvalue weighted by molar-refractivity contribution is 0.0958. The summed E-state index contributed by atoms with van der Waals surface area (Å²) in [5, 5.41) is 15.8. The van der Waals surface area contributed by atoms with Gasteiger partial charge in [-0.2, -0.15) is 0 Å². The molecule has 1 aliphatic rings. The van der Waals surface area contributed by atoms with Crippen LogP contribution < -0.4 is 10.6 Å². The highest BCUT2D eigenvalue weighted by Crippen LogP contribution is 2.34. The average molecular weight is 277 g/mol. The van der Waals surface area contributed by atoms with Gasteiger partial charge >= 0.3 is 0 Å². The molecule has 1 saturated carbocycles. The molecule has 2 atom stereocenters. The van der Waals surface area contributed by atoms with Crippen molar-refractivity contribution in [1.82, 2.24) is 10.3 Å². The Hall–Kier alpha value is -1.62. The third-order valence-corrected chi connectivity index (χ3v) is 4.02. The van der Waals surface area contributed by atoms with Crippen LogP contribution in [-0.2, 0) is 0 Å². The molecule has 0 bridgehead atoms. The number of aromatic nitrogens is 1. The van der Waals surface area contributed by atoms with E-state index >= 15 is 0 Å². The first-order chi connectivity index (χ1) is 9.58. The summed E-state index contributed by atoms with van der Waals surface area (Å²) >= 11 is 0. The van der Waals surface area contributed by atoms with Crippen LogP contribution in [0, 0.1) is 5.92 Å². The van der Waals surface area contributed by atoms with Crippen molar-refractivity contribution < 1.29 is 9.90 Å². The van der Waals surface area contributed by atoms with Gasteiger partial charge in [0.25, 0.3) is 5.91 Å². The lowest BCUT2D eigenvalue weighted by Crippen LogP contribution is -2.45. The van der Waals surface area contributed by atoms with E-state index in [1.165, 1.54) is 6.42 Å². The van der Waals surface area contributed by atoms with Crippen LogP contribution in [-0.4, -0.2) is 35.2 Å². The fourth-order valence-corrected chi connectivity index (χ4v) is 3.02. The fourth-order valence-electron chi connectivity index (χ4n) is 3.02. The number of anilines is 1. The van der Waals surface area contributed by atoms with Gasteiger partial charge in [-0.25, -0.2) is 0 Å². The van der Waals surface area contributed by atoms with Gasteiger partial charge in [0.05, 0.1) is 12.1 Å². The quantitative estimate of drug-likeness (QED) is 0.784. The molecule has 3 N–H and O–H groups in total. The van der Waals surface area contributed by atoms with Crippen LogP contribution in [0.5, 0.6) is 0 Å². The predicted molar refractivity (Wildman–Crippen MR) is 78.7 cm³/mol. The Balaban J connectivity index is 2.17. The maximum absolute atomic E-state index is 11.6. The van der Waals surface area contributed by atoms with Crippen molar-refractivity contribution >= 4 is 11.6 Å². The largest absolute Gasteiger partial charge is 0.394 e. The second-order valence-electron chi connectivity index (χ2n) is 5.77. The Morgan fingerprint density at radius 2 is 2.40 bits per heavy atom. The first kappa shape index (κ1) is 14.8. The van der Waals surface area contributed by atoms with Crippen molar-refractivity contribution in [3.05, 3.63) is 24.0 Å². The zero-order valence-electron chi connectivity index (χ0n) is 12.1. The molecule has 5 heteroatoms. The van der Waals surface area contributed by atoms with Crippen molar-refractivity contribution in [2.75, 3.05) is 19.0 Å². The van der Waals surface area contributed by atoms with Gasteiger partial charge in [-0.05, 0) is 30.9 Å². The minimum atomic E-state index is -0.279. The number of hydrogen-bond donors (Lipinski definition) is 3. The van der Waals surface area contributed by atoms with Crippen LogP contribution >= 0.6 is 0 Å². The molecule has 0 aliphatic heterocycles. The van der Waals surface area contributed by atoms with E-state index in [1.54, 1.807) is 19.3 Å². The van der Waals surface area contributed by atoms with Crippen LogP contribution in [0.2, 0.25) is 0 Å². The van der Waals surface area contributed by atoms with Crippen molar-refractivity contribution in [2.24, 2.45) is 5.92 Å². The molecule has 110 valence electrons. The van der Waals surface area contributed by atoms with E-state index in [2.05, 4.69) is 22.5 Å². The molecule has 2 unspecified atom stereocenters. The summed E-state index contributed by atoms with van der Waals surface area (Å²) < 4.78 is 0. The number of nitrogens with one attached hydrogen (secondary N) is 2. The Bertz CT molecular complexity index is 478. The van der Waals surface area contributed by atoms with Crippen LogP contribution in [0.15, 0.2) is 18.3 Å². The third-order valence-electron chi connectivity index (χ3n) is 4.02. The Labute approximate surface area is 119 Å². The number of amides is 1. The molecule has 1 aromatic rings. The first-order valence-electron chi connectivity index (χ1n) is 7.16. The molecule has 1 aromatic heterocycles. The van der Waals surface area contributed by atoms with Crippen LogP contribution in [0.25, 0.3) is 0 Å². The molecule has 20 heavy (non-hydrogen) atoms. The molecule has 1 aliphatic carbocycles. The number of pyridine rings is 1. The predicted octanol–water partition coefficient (Wildman–Crippen LogP) is 1.79. The second kappa shape index (κ2) is 6.22. The molecule has 0 spiro atoms. The van der Waals surface area contributed by atoms with E-state index in [0.29, 0.717) is 11.6 Å². The summed E-state index contributed by atoms with van der Waals surface area (Å²) in [5.41, 5.74) is 0.940.